The summed E-state index contributed by atoms with van der Waals surface area (Å²) in [6, 6.07) is 2.46. The molecule has 0 aliphatic carbocycles. The van der Waals surface area contributed by atoms with Gasteiger partial charge in [0, 0.05) is 23.7 Å². The van der Waals surface area contributed by atoms with Crippen LogP contribution in [0.25, 0.3) is 0 Å². The SMILES string of the molecule is CO[C@H](C)[C@H](C)NC(=O)c1cc([N+](=O)[O-])cc(Br)c1C. The van der Waals surface area contributed by atoms with E-state index in [9.17, 15) is 14.9 Å². The number of halogens is 1. The summed E-state index contributed by atoms with van der Waals surface area (Å²) in [7, 11) is 1.56. The fraction of sp³-hybridized carbons (Fsp3) is 0.462. The highest BCUT2D eigenvalue weighted by atomic mass is 79.9. The second kappa shape index (κ2) is 6.81. The molecule has 1 aromatic rings. The summed E-state index contributed by atoms with van der Waals surface area (Å²) in [6.07, 6.45) is -0.151. The third-order valence-corrected chi connectivity index (χ3v) is 4.04. The maximum absolute atomic E-state index is 12.2. The number of hydrogen-bond acceptors (Lipinski definition) is 4. The fourth-order valence-corrected chi connectivity index (χ4v) is 2.06. The molecule has 1 N–H and O–H groups in total. The van der Waals surface area contributed by atoms with Gasteiger partial charge in [0.2, 0.25) is 0 Å². The lowest BCUT2D eigenvalue weighted by atomic mass is 10.1. The van der Waals surface area contributed by atoms with Crippen molar-refractivity contribution in [2.24, 2.45) is 0 Å². The van der Waals surface area contributed by atoms with Crippen LogP contribution in [0, 0.1) is 17.0 Å². The van der Waals surface area contributed by atoms with Crippen molar-refractivity contribution in [3.8, 4) is 0 Å². The summed E-state index contributed by atoms with van der Waals surface area (Å²) in [5.41, 5.74) is 0.812. The average Bonchev–Trinajstić information content (AvgIpc) is 2.39. The summed E-state index contributed by atoms with van der Waals surface area (Å²) in [5.74, 6) is -0.358. The predicted molar refractivity (Wildman–Crippen MR) is 78.9 cm³/mol. The van der Waals surface area contributed by atoms with E-state index in [0.29, 0.717) is 10.0 Å². The zero-order valence-electron chi connectivity index (χ0n) is 11.8. The Labute approximate surface area is 125 Å². The fourth-order valence-electron chi connectivity index (χ4n) is 1.61. The number of nitro groups is 1. The maximum atomic E-state index is 12.2. The molecular weight excluding hydrogens is 328 g/mol. The number of nitro benzene ring substituents is 1. The highest BCUT2D eigenvalue weighted by molar-refractivity contribution is 9.10. The number of hydrogen-bond donors (Lipinski definition) is 1. The number of nitrogens with zero attached hydrogens (tertiary/aromatic N) is 1. The molecule has 1 amide bonds. The molecule has 0 fully saturated rings. The topological polar surface area (TPSA) is 81.5 Å². The van der Waals surface area contributed by atoms with E-state index < -0.39 is 4.92 Å². The Bertz CT molecular complexity index is 533. The summed E-state index contributed by atoms with van der Waals surface area (Å²) < 4.78 is 5.66. The molecule has 0 unspecified atom stereocenters. The van der Waals surface area contributed by atoms with Crippen LogP contribution in [-0.2, 0) is 4.74 Å². The molecule has 0 aromatic heterocycles. The van der Waals surface area contributed by atoms with Crippen LogP contribution in [0.1, 0.15) is 29.8 Å². The molecule has 6 nitrogen and oxygen atoms in total. The van der Waals surface area contributed by atoms with Gasteiger partial charge in [-0.15, -0.1) is 0 Å². The Balaban J connectivity index is 3.06. The number of amides is 1. The molecule has 0 heterocycles. The highest BCUT2D eigenvalue weighted by Crippen LogP contribution is 2.26. The number of carbonyl (C=O) groups excluding carboxylic acids is 1. The largest absolute Gasteiger partial charge is 0.380 e. The van der Waals surface area contributed by atoms with Gasteiger partial charge in [0.1, 0.15) is 0 Å². The third kappa shape index (κ3) is 3.77. The van der Waals surface area contributed by atoms with Gasteiger partial charge in [0.05, 0.1) is 22.6 Å². The average molecular weight is 345 g/mol. The van der Waals surface area contributed by atoms with Crippen LogP contribution in [-0.4, -0.2) is 30.1 Å². The normalized spacial score (nSPS) is 13.7. The molecule has 0 saturated heterocycles. The van der Waals surface area contributed by atoms with E-state index in [-0.39, 0.29) is 29.3 Å². The van der Waals surface area contributed by atoms with E-state index in [1.54, 1.807) is 14.0 Å². The molecule has 0 bridgehead atoms. The Hall–Kier alpha value is -1.47. The van der Waals surface area contributed by atoms with E-state index in [1.165, 1.54) is 12.1 Å². The number of carbonyl (C=O) groups is 1. The van der Waals surface area contributed by atoms with Crippen LogP contribution in [0.5, 0.6) is 0 Å². The first-order valence-electron chi connectivity index (χ1n) is 6.06. The second-order valence-corrected chi connectivity index (χ2v) is 5.41. The van der Waals surface area contributed by atoms with Gasteiger partial charge in [-0.1, -0.05) is 15.9 Å². The number of methoxy groups -OCH3 is 1. The second-order valence-electron chi connectivity index (χ2n) is 4.56. The molecular formula is C13H17BrN2O4. The standard InChI is InChI=1S/C13H17BrN2O4/c1-7-11(5-10(16(18)19)6-12(7)14)13(17)15-8(2)9(3)20-4/h5-6,8-9H,1-4H3,(H,15,17)/t8-,9+/m0/s1. The van der Waals surface area contributed by atoms with Crippen LogP contribution >= 0.6 is 15.9 Å². The Morgan fingerprint density at radius 1 is 1.45 bits per heavy atom. The first-order valence-corrected chi connectivity index (χ1v) is 6.85. The van der Waals surface area contributed by atoms with Crippen molar-refractivity contribution >= 4 is 27.5 Å². The molecule has 1 rings (SSSR count). The van der Waals surface area contributed by atoms with Gasteiger partial charge in [-0.25, -0.2) is 0 Å². The lowest BCUT2D eigenvalue weighted by molar-refractivity contribution is -0.385. The third-order valence-electron chi connectivity index (χ3n) is 3.22. The molecule has 0 aliphatic heterocycles. The zero-order valence-corrected chi connectivity index (χ0v) is 13.4. The van der Waals surface area contributed by atoms with Gasteiger partial charge in [0.15, 0.2) is 0 Å². The quantitative estimate of drug-likeness (QED) is 0.657. The van der Waals surface area contributed by atoms with Crippen molar-refractivity contribution in [1.82, 2.24) is 5.32 Å². The Kier molecular flexibility index (Phi) is 5.64. The molecule has 2 atom stereocenters. The van der Waals surface area contributed by atoms with Crippen molar-refractivity contribution in [2.45, 2.75) is 32.9 Å². The van der Waals surface area contributed by atoms with E-state index in [4.69, 9.17) is 4.74 Å². The zero-order chi connectivity index (χ0) is 15.4. The molecule has 110 valence electrons. The number of benzene rings is 1. The van der Waals surface area contributed by atoms with Crippen molar-refractivity contribution in [1.29, 1.82) is 0 Å². The molecule has 0 saturated carbocycles. The molecule has 7 heteroatoms. The number of rotatable bonds is 5. The predicted octanol–water partition coefficient (Wildman–Crippen LogP) is 2.82. The van der Waals surface area contributed by atoms with Crippen molar-refractivity contribution in [3.05, 3.63) is 37.8 Å². The van der Waals surface area contributed by atoms with Crippen molar-refractivity contribution in [3.63, 3.8) is 0 Å². The minimum absolute atomic E-state index is 0.125. The summed E-state index contributed by atoms with van der Waals surface area (Å²) >= 11 is 3.23. The summed E-state index contributed by atoms with van der Waals surface area (Å²) in [6.45, 7) is 5.38. The molecule has 20 heavy (non-hydrogen) atoms. The highest BCUT2D eigenvalue weighted by Gasteiger charge is 2.20. The molecule has 0 spiro atoms. The van der Waals surface area contributed by atoms with Crippen LogP contribution in [0.2, 0.25) is 0 Å². The van der Waals surface area contributed by atoms with E-state index >= 15 is 0 Å². The van der Waals surface area contributed by atoms with E-state index in [1.807, 2.05) is 13.8 Å². The lowest BCUT2D eigenvalue weighted by Crippen LogP contribution is -2.40. The van der Waals surface area contributed by atoms with Gasteiger partial charge < -0.3 is 10.1 Å². The monoisotopic (exact) mass is 344 g/mol. The first-order chi connectivity index (χ1) is 9.27. The molecule has 0 radical (unpaired) electrons. The minimum Gasteiger partial charge on any atom is -0.380 e. The Morgan fingerprint density at radius 2 is 2.05 bits per heavy atom. The number of nitrogens with one attached hydrogen (secondary N) is 1. The van der Waals surface area contributed by atoms with Crippen LogP contribution < -0.4 is 5.32 Å². The van der Waals surface area contributed by atoms with Crippen LogP contribution in [0.3, 0.4) is 0 Å². The maximum Gasteiger partial charge on any atom is 0.271 e. The molecule has 1 aromatic carbocycles. The van der Waals surface area contributed by atoms with Crippen molar-refractivity contribution < 1.29 is 14.5 Å². The molecule has 0 aliphatic rings. The van der Waals surface area contributed by atoms with Gasteiger partial charge in [-0.05, 0) is 26.3 Å². The smallest absolute Gasteiger partial charge is 0.271 e. The number of non-ortho nitro benzene ring substituents is 1. The Morgan fingerprint density at radius 3 is 2.55 bits per heavy atom. The summed E-state index contributed by atoms with van der Waals surface area (Å²) in [4.78, 5) is 22.5. The van der Waals surface area contributed by atoms with Gasteiger partial charge in [-0.3, -0.25) is 14.9 Å². The summed E-state index contributed by atoms with van der Waals surface area (Å²) in [5, 5.41) is 13.6. The van der Waals surface area contributed by atoms with E-state index in [0.717, 1.165) is 0 Å². The van der Waals surface area contributed by atoms with Crippen LogP contribution in [0.15, 0.2) is 16.6 Å². The minimum atomic E-state index is -0.526. The lowest BCUT2D eigenvalue weighted by Gasteiger charge is -2.20. The first kappa shape index (κ1) is 16.6. The van der Waals surface area contributed by atoms with Crippen LogP contribution in [0.4, 0.5) is 5.69 Å². The van der Waals surface area contributed by atoms with Gasteiger partial charge in [0.25, 0.3) is 11.6 Å². The van der Waals surface area contributed by atoms with Gasteiger partial charge in [-0.2, -0.15) is 0 Å². The van der Waals surface area contributed by atoms with Crippen molar-refractivity contribution in [2.75, 3.05) is 7.11 Å². The number of ether oxygens (including phenoxy) is 1. The van der Waals surface area contributed by atoms with Gasteiger partial charge >= 0.3 is 0 Å². The van der Waals surface area contributed by atoms with E-state index in [2.05, 4.69) is 21.2 Å².